The normalized spacial score (nSPS) is 15.6. The van der Waals surface area contributed by atoms with Crippen LogP contribution in [0.2, 0.25) is 0 Å². The molecule has 88 valence electrons. The van der Waals surface area contributed by atoms with Crippen LogP contribution in [0.4, 0.5) is 0 Å². The van der Waals surface area contributed by atoms with Gasteiger partial charge >= 0.3 is 0 Å². The molecule has 1 atom stereocenters. The van der Waals surface area contributed by atoms with Gasteiger partial charge in [0.2, 0.25) is 0 Å². The summed E-state index contributed by atoms with van der Waals surface area (Å²) in [5.74, 6) is 1.06. The van der Waals surface area contributed by atoms with Gasteiger partial charge in [0.15, 0.2) is 0 Å². The summed E-state index contributed by atoms with van der Waals surface area (Å²) in [4.78, 5) is 0. The van der Waals surface area contributed by atoms with E-state index in [4.69, 9.17) is 9.47 Å². The van der Waals surface area contributed by atoms with Gasteiger partial charge in [0.25, 0.3) is 0 Å². The maximum atomic E-state index is 5.70. The zero-order chi connectivity index (χ0) is 11.4. The van der Waals surface area contributed by atoms with Gasteiger partial charge in [-0.05, 0) is 19.5 Å². The highest BCUT2D eigenvalue weighted by Gasteiger charge is 2.20. The monoisotopic (exact) mass is 221 g/mol. The third-order valence-corrected chi connectivity index (χ3v) is 2.96. The Balaban J connectivity index is 2.21. The van der Waals surface area contributed by atoms with Crippen molar-refractivity contribution in [2.24, 2.45) is 0 Å². The van der Waals surface area contributed by atoms with Gasteiger partial charge in [-0.15, -0.1) is 0 Å². The van der Waals surface area contributed by atoms with Crippen molar-refractivity contribution in [1.82, 2.24) is 5.32 Å². The first kappa shape index (κ1) is 11.4. The Morgan fingerprint density at radius 1 is 1.50 bits per heavy atom. The second kappa shape index (κ2) is 5.32. The number of nitrogens with one attached hydrogen (secondary N) is 1. The Hall–Kier alpha value is -1.06. The molecule has 0 amide bonds. The summed E-state index contributed by atoms with van der Waals surface area (Å²) < 4.78 is 11.2. The molecule has 1 unspecified atom stereocenters. The minimum atomic E-state index is 0.216. The van der Waals surface area contributed by atoms with E-state index in [9.17, 15) is 0 Å². The van der Waals surface area contributed by atoms with Crippen molar-refractivity contribution in [2.45, 2.75) is 19.4 Å². The Morgan fingerprint density at radius 2 is 2.38 bits per heavy atom. The molecule has 0 saturated carbocycles. The van der Waals surface area contributed by atoms with E-state index in [1.54, 1.807) is 0 Å². The van der Waals surface area contributed by atoms with E-state index < -0.39 is 0 Å². The molecule has 1 aliphatic rings. The number of hydrogen-bond acceptors (Lipinski definition) is 3. The number of likely N-dealkylation sites (N-methyl/N-ethyl adjacent to an activating group) is 1. The van der Waals surface area contributed by atoms with E-state index in [0.29, 0.717) is 6.61 Å². The predicted molar refractivity (Wildman–Crippen MR) is 63.9 cm³/mol. The molecule has 0 aromatic heterocycles. The average Bonchev–Trinajstić information content (AvgIpc) is 2.78. The molecule has 0 saturated heterocycles. The van der Waals surface area contributed by atoms with Crippen LogP contribution in [0.3, 0.4) is 0 Å². The lowest BCUT2D eigenvalue weighted by Gasteiger charge is -2.18. The number of ether oxygens (including phenoxy) is 2. The molecule has 0 spiro atoms. The van der Waals surface area contributed by atoms with E-state index in [2.05, 4.69) is 23.5 Å². The van der Waals surface area contributed by atoms with Gasteiger partial charge in [-0.2, -0.15) is 0 Å². The van der Waals surface area contributed by atoms with Crippen LogP contribution in [-0.2, 0) is 11.2 Å². The molecule has 3 nitrogen and oxygen atoms in total. The lowest BCUT2D eigenvalue weighted by molar-refractivity contribution is 0.124. The van der Waals surface area contributed by atoms with Gasteiger partial charge in [0, 0.05) is 18.6 Å². The van der Waals surface area contributed by atoms with Crippen LogP contribution < -0.4 is 10.1 Å². The van der Waals surface area contributed by atoms with Crippen molar-refractivity contribution in [3.05, 3.63) is 29.3 Å². The van der Waals surface area contributed by atoms with E-state index in [0.717, 1.165) is 25.4 Å². The standard InChI is InChI=1S/C13H19NO2/c1-3-15-9-12(14-2)11-6-4-5-10-7-8-16-13(10)11/h4-6,12,14H,3,7-9H2,1-2H3. The van der Waals surface area contributed by atoms with Crippen LogP contribution in [-0.4, -0.2) is 26.9 Å². The fourth-order valence-corrected chi connectivity index (χ4v) is 2.08. The molecular formula is C13H19NO2. The van der Waals surface area contributed by atoms with E-state index in [1.165, 1.54) is 11.1 Å². The summed E-state index contributed by atoms with van der Waals surface area (Å²) in [5, 5.41) is 3.28. The Morgan fingerprint density at radius 3 is 3.12 bits per heavy atom. The third-order valence-electron chi connectivity index (χ3n) is 2.96. The van der Waals surface area contributed by atoms with Gasteiger partial charge in [-0.3, -0.25) is 0 Å². The van der Waals surface area contributed by atoms with Crippen molar-refractivity contribution in [1.29, 1.82) is 0 Å². The van der Waals surface area contributed by atoms with E-state index in [1.807, 2.05) is 14.0 Å². The lowest BCUT2D eigenvalue weighted by Crippen LogP contribution is -2.22. The highest BCUT2D eigenvalue weighted by Crippen LogP contribution is 2.33. The maximum absolute atomic E-state index is 5.70. The largest absolute Gasteiger partial charge is 0.493 e. The summed E-state index contributed by atoms with van der Waals surface area (Å²) in [6, 6.07) is 6.57. The molecule has 1 heterocycles. The van der Waals surface area contributed by atoms with E-state index in [-0.39, 0.29) is 6.04 Å². The fourth-order valence-electron chi connectivity index (χ4n) is 2.08. The number of para-hydroxylation sites is 1. The maximum Gasteiger partial charge on any atom is 0.127 e. The minimum absolute atomic E-state index is 0.216. The quantitative estimate of drug-likeness (QED) is 0.824. The molecule has 1 N–H and O–H groups in total. The summed E-state index contributed by atoms with van der Waals surface area (Å²) in [5.41, 5.74) is 2.53. The minimum Gasteiger partial charge on any atom is -0.493 e. The van der Waals surface area contributed by atoms with Crippen molar-refractivity contribution >= 4 is 0 Å². The van der Waals surface area contributed by atoms with Crippen LogP contribution in [0.5, 0.6) is 5.75 Å². The molecule has 1 aromatic carbocycles. The third kappa shape index (κ3) is 2.20. The summed E-state index contributed by atoms with van der Waals surface area (Å²) in [6.45, 7) is 4.25. The first-order valence-corrected chi connectivity index (χ1v) is 5.86. The Labute approximate surface area is 96.8 Å². The second-order valence-corrected chi connectivity index (χ2v) is 3.93. The summed E-state index contributed by atoms with van der Waals surface area (Å²) in [6.07, 6.45) is 1.02. The first-order valence-electron chi connectivity index (χ1n) is 5.86. The van der Waals surface area contributed by atoms with Crippen LogP contribution in [0.25, 0.3) is 0 Å². The topological polar surface area (TPSA) is 30.5 Å². The van der Waals surface area contributed by atoms with E-state index >= 15 is 0 Å². The lowest BCUT2D eigenvalue weighted by atomic mass is 10.0. The van der Waals surface area contributed by atoms with Crippen molar-refractivity contribution in [2.75, 3.05) is 26.9 Å². The second-order valence-electron chi connectivity index (χ2n) is 3.93. The molecule has 1 aliphatic heterocycles. The Kier molecular flexibility index (Phi) is 3.80. The van der Waals surface area contributed by atoms with Gasteiger partial charge in [-0.25, -0.2) is 0 Å². The SMILES string of the molecule is CCOCC(NC)c1cccc2c1OCC2. The predicted octanol–water partition coefficient (Wildman–Crippen LogP) is 1.92. The average molecular weight is 221 g/mol. The molecular weight excluding hydrogens is 202 g/mol. The first-order chi connectivity index (χ1) is 7.86. The molecule has 3 heteroatoms. The molecule has 1 aromatic rings. The highest BCUT2D eigenvalue weighted by atomic mass is 16.5. The molecule has 0 bridgehead atoms. The molecule has 16 heavy (non-hydrogen) atoms. The number of hydrogen-bond donors (Lipinski definition) is 1. The summed E-state index contributed by atoms with van der Waals surface area (Å²) in [7, 11) is 1.96. The van der Waals surface area contributed by atoms with Gasteiger partial charge in [-0.1, -0.05) is 18.2 Å². The molecule has 0 aliphatic carbocycles. The van der Waals surface area contributed by atoms with Gasteiger partial charge < -0.3 is 14.8 Å². The summed E-state index contributed by atoms with van der Waals surface area (Å²) >= 11 is 0. The van der Waals surface area contributed by atoms with Crippen LogP contribution >= 0.6 is 0 Å². The zero-order valence-electron chi connectivity index (χ0n) is 9.95. The Bertz CT molecular complexity index is 352. The van der Waals surface area contributed by atoms with Gasteiger partial charge in [0.05, 0.1) is 19.3 Å². The van der Waals surface area contributed by atoms with Gasteiger partial charge in [0.1, 0.15) is 5.75 Å². The van der Waals surface area contributed by atoms with Crippen LogP contribution in [0.1, 0.15) is 24.1 Å². The number of rotatable bonds is 5. The van der Waals surface area contributed by atoms with Crippen LogP contribution in [0.15, 0.2) is 18.2 Å². The fraction of sp³-hybridized carbons (Fsp3) is 0.538. The van der Waals surface area contributed by atoms with Crippen molar-refractivity contribution < 1.29 is 9.47 Å². The highest BCUT2D eigenvalue weighted by molar-refractivity contribution is 5.45. The smallest absolute Gasteiger partial charge is 0.127 e. The number of fused-ring (bicyclic) bond motifs is 1. The van der Waals surface area contributed by atoms with Crippen LogP contribution in [0, 0.1) is 0 Å². The van der Waals surface area contributed by atoms with Crippen molar-refractivity contribution in [3.63, 3.8) is 0 Å². The molecule has 2 rings (SSSR count). The number of benzene rings is 1. The molecule has 0 radical (unpaired) electrons. The molecule has 0 fully saturated rings. The zero-order valence-corrected chi connectivity index (χ0v) is 9.95. The van der Waals surface area contributed by atoms with Crippen molar-refractivity contribution in [3.8, 4) is 5.75 Å².